The van der Waals surface area contributed by atoms with Gasteiger partial charge in [0.05, 0.1) is 10.4 Å². The first kappa shape index (κ1) is 20.5. The third-order valence-corrected chi connectivity index (χ3v) is 5.77. The molecule has 1 heterocycles. The monoisotopic (exact) mass is 425 g/mol. The normalized spacial score (nSPS) is 14.6. The number of halogens is 1. The lowest BCUT2D eigenvalue weighted by atomic mass is 9.95. The van der Waals surface area contributed by atoms with Gasteiger partial charge in [0.15, 0.2) is 12.4 Å². The Morgan fingerprint density at radius 3 is 2.70 bits per heavy atom. The molecule has 5 nitrogen and oxygen atoms in total. The summed E-state index contributed by atoms with van der Waals surface area (Å²) in [7, 11) is 0. The first-order valence-corrected chi connectivity index (χ1v) is 10.7. The molecule has 3 aromatic rings. The molecule has 0 aliphatic heterocycles. The number of ether oxygens (including phenoxy) is 1. The molecule has 0 radical (unpaired) electrons. The van der Waals surface area contributed by atoms with E-state index in [1.165, 1.54) is 6.42 Å². The van der Waals surface area contributed by atoms with Gasteiger partial charge in [-0.2, -0.15) is 0 Å². The van der Waals surface area contributed by atoms with Crippen molar-refractivity contribution in [2.45, 2.75) is 45.1 Å². The van der Waals surface area contributed by atoms with E-state index >= 15 is 0 Å². The van der Waals surface area contributed by atoms with Gasteiger partial charge in [0.1, 0.15) is 5.58 Å². The SMILES string of the molecule is Cc1ccc2c(=O)c(OCC(=O)NC3CCCCC3)c(-c3ccccc3Cl)oc2c1. The van der Waals surface area contributed by atoms with Crippen molar-refractivity contribution in [1.82, 2.24) is 5.32 Å². The maximum Gasteiger partial charge on any atom is 0.258 e. The Morgan fingerprint density at radius 1 is 1.17 bits per heavy atom. The van der Waals surface area contributed by atoms with Gasteiger partial charge < -0.3 is 14.5 Å². The second-order valence-electron chi connectivity index (χ2n) is 7.76. The first-order valence-electron chi connectivity index (χ1n) is 10.3. The molecule has 0 saturated heterocycles. The molecule has 1 saturated carbocycles. The third-order valence-electron chi connectivity index (χ3n) is 5.44. The fraction of sp³-hybridized carbons (Fsp3) is 0.333. The molecule has 1 N–H and O–H groups in total. The van der Waals surface area contributed by atoms with E-state index in [1.54, 1.807) is 36.4 Å². The summed E-state index contributed by atoms with van der Waals surface area (Å²) >= 11 is 6.36. The van der Waals surface area contributed by atoms with Gasteiger partial charge >= 0.3 is 0 Å². The number of fused-ring (bicyclic) bond motifs is 1. The molecule has 1 aliphatic carbocycles. The largest absolute Gasteiger partial charge is 0.476 e. The predicted octanol–water partition coefficient (Wildman–Crippen LogP) is 5.25. The Morgan fingerprint density at radius 2 is 1.93 bits per heavy atom. The number of nitrogens with one attached hydrogen (secondary N) is 1. The van der Waals surface area contributed by atoms with Crippen LogP contribution < -0.4 is 15.5 Å². The van der Waals surface area contributed by atoms with Gasteiger partial charge in [-0.05, 0) is 49.6 Å². The standard InChI is InChI=1S/C24H24ClNO4/c1-15-11-12-18-20(13-15)30-23(17-9-5-6-10-19(17)25)24(22(18)28)29-14-21(27)26-16-7-3-2-4-8-16/h5-6,9-13,16H,2-4,7-8,14H2,1H3,(H,26,27). The zero-order valence-electron chi connectivity index (χ0n) is 16.9. The molecule has 0 unspecified atom stereocenters. The first-order chi connectivity index (χ1) is 14.5. The van der Waals surface area contributed by atoms with Gasteiger partial charge in [-0.25, -0.2) is 0 Å². The molecule has 2 aromatic carbocycles. The average molecular weight is 426 g/mol. The Balaban J connectivity index is 1.68. The molecule has 1 amide bonds. The van der Waals surface area contributed by atoms with Crippen molar-refractivity contribution < 1.29 is 13.9 Å². The second kappa shape index (κ2) is 8.92. The van der Waals surface area contributed by atoms with E-state index in [1.807, 2.05) is 13.0 Å². The van der Waals surface area contributed by atoms with E-state index in [4.69, 9.17) is 20.8 Å². The molecule has 1 fully saturated rings. The summed E-state index contributed by atoms with van der Waals surface area (Å²) in [5, 5.41) is 3.84. The minimum atomic E-state index is -0.323. The van der Waals surface area contributed by atoms with Crippen LogP contribution in [0.1, 0.15) is 37.7 Å². The van der Waals surface area contributed by atoms with Crippen LogP contribution in [0.15, 0.2) is 51.7 Å². The maximum atomic E-state index is 13.2. The van der Waals surface area contributed by atoms with Gasteiger partial charge in [-0.15, -0.1) is 0 Å². The number of hydrogen-bond acceptors (Lipinski definition) is 4. The Labute approximate surface area is 180 Å². The summed E-state index contributed by atoms with van der Waals surface area (Å²) in [4.78, 5) is 25.6. The highest BCUT2D eigenvalue weighted by Gasteiger charge is 2.21. The van der Waals surface area contributed by atoms with Gasteiger partial charge in [0.2, 0.25) is 11.2 Å². The van der Waals surface area contributed by atoms with Crippen molar-refractivity contribution in [1.29, 1.82) is 0 Å². The van der Waals surface area contributed by atoms with Gasteiger partial charge in [-0.1, -0.05) is 49.1 Å². The molecule has 1 aliphatic rings. The summed E-state index contributed by atoms with van der Waals surface area (Å²) < 4.78 is 11.8. The lowest BCUT2D eigenvalue weighted by Crippen LogP contribution is -2.39. The van der Waals surface area contributed by atoms with Crippen molar-refractivity contribution in [3.63, 3.8) is 0 Å². The van der Waals surface area contributed by atoms with Crippen molar-refractivity contribution in [3.05, 3.63) is 63.3 Å². The molecule has 0 bridgehead atoms. The summed E-state index contributed by atoms with van der Waals surface area (Å²) in [6.45, 7) is 1.67. The summed E-state index contributed by atoms with van der Waals surface area (Å²) in [5.74, 6) is -0.0113. The number of carbonyl (C=O) groups excluding carboxylic acids is 1. The predicted molar refractivity (Wildman–Crippen MR) is 118 cm³/mol. The summed E-state index contributed by atoms with van der Waals surface area (Å²) in [5.41, 5.74) is 1.64. The zero-order chi connectivity index (χ0) is 21.1. The number of carbonyl (C=O) groups is 1. The molecule has 1 aromatic heterocycles. The third kappa shape index (κ3) is 4.36. The average Bonchev–Trinajstić information content (AvgIpc) is 2.74. The summed E-state index contributed by atoms with van der Waals surface area (Å²) in [6.07, 6.45) is 5.41. The number of hydrogen-bond donors (Lipinski definition) is 1. The van der Waals surface area contributed by atoms with Crippen molar-refractivity contribution in [2.75, 3.05) is 6.61 Å². The quantitative estimate of drug-likeness (QED) is 0.606. The number of rotatable bonds is 5. The minimum Gasteiger partial charge on any atom is -0.476 e. The lowest BCUT2D eigenvalue weighted by Gasteiger charge is -2.22. The van der Waals surface area contributed by atoms with Crippen LogP contribution in [0, 0.1) is 6.92 Å². The highest BCUT2D eigenvalue weighted by atomic mass is 35.5. The Kier molecular flexibility index (Phi) is 6.09. The van der Waals surface area contributed by atoms with Crippen LogP contribution in [0.4, 0.5) is 0 Å². The van der Waals surface area contributed by atoms with Crippen LogP contribution >= 0.6 is 11.6 Å². The van der Waals surface area contributed by atoms with E-state index in [9.17, 15) is 9.59 Å². The molecule has 4 rings (SSSR count). The van der Waals surface area contributed by atoms with Gasteiger partial charge in [0, 0.05) is 11.6 Å². The van der Waals surface area contributed by atoms with E-state index in [2.05, 4.69) is 5.32 Å². The van der Waals surface area contributed by atoms with Crippen LogP contribution in [0.5, 0.6) is 5.75 Å². The molecule has 0 spiro atoms. The number of amides is 1. The number of aryl methyl sites for hydroxylation is 1. The Bertz CT molecular complexity index is 1130. The highest BCUT2D eigenvalue weighted by molar-refractivity contribution is 6.33. The second-order valence-corrected chi connectivity index (χ2v) is 8.17. The molecule has 0 atom stereocenters. The molecule has 6 heteroatoms. The lowest BCUT2D eigenvalue weighted by molar-refractivity contribution is -0.124. The van der Waals surface area contributed by atoms with Crippen LogP contribution in [-0.4, -0.2) is 18.6 Å². The van der Waals surface area contributed by atoms with Crippen LogP contribution in [0.25, 0.3) is 22.3 Å². The van der Waals surface area contributed by atoms with E-state index in [-0.39, 0.29) is 35.5 Å². The number of benzene rings is 2. The molecule has 156 valence electrons. The highest BCUT2D eigenvalue weighted by Crippen LogP contribution is 2.35. The molecule has 30 heavy (non-hydrogen) atoms. The fourth-order valence-corrected chi connectivity index (χ4v) is 4.11. The summed E-state index contributed by atoms with van der Waals surface area (Å²) in [6, 6.07) is 12.6. The van der Waals surface area contributed by atoms with Crippen molar-refractivity contribution in [3.8, 4) is 17.1 Å². The van der Waals surface area contributed by atoms with E-state index in [0.29, 0.717) is 21.6 Å². The van der Waals surface area contributed by atoms with Crippen molar-refractivity contribution >= 4 is 28.5 Å². The smallest absolute Gasteiger partial charge is 0.258 e. The van der Waals surface area contributed by atoms with Gasteiger partial charge in [0.25, 0.3) is 5.91 Å². The Hall–Kier alpha value is -2.79. The molecular weight excluding hydrogens is 402 g/mol. The zero-order valence-corrected chi connectivity index (χ0v) is 17.6. The van der Waals surface area contributed by atoms with Crippen LogP contribution in [0.2, 0.25) is 5.02 Å². The van der Waals surface area contributed by atoms with Gasteiger partial charge in [-0.3, -0.25) is 9.59 Å². The van der Waals surface area contributed by atoms with Crippen molar-refractivity contribution in [2.24, 2.45) is 0 Å². The molecular formula is C24H24ClNO4. The van der Waals surface area contributed by atoms with E-state index < -0.39 is 0 Å². The van der Waals surface area contributed by atoms with E-state index in [0.717, 1.165) is 31.2 Å². The minimum absolute atomic E-state index is 0.00162. The van der Waals surface area contributed by atoms with Crippen LogP contribution in [-0.2, 0) is 4.79 Å². The topological polar surface area (TPSA) is 68.5 Å². The van der Waals surface area contributed by atoms with Crippen LogP contribution in [0.3, 0.4) is 0 Å². The maximum absolute atomic E-state index is 13.2. The fourth-order valence-electron chi connectivity index (χ4n) is 3.89.